The maximum Gasteiger partial charge on any atom is 0.409 e. The summed E-state index contributed by atoms with van der Waals surface area (Å²) in [6.45, 7) is 5.77. The Balaban J connectivity index is 2.50. The van der Waals surface area contributed by atoms with E-state index in [0.717, 1.165) is 12.0 Å². The molecule has 0 fully saturated rings. The Bertz CT molecular complexity index is 483. The van der Waals surface area contributed by atoms with Gasteiger partial charge in [-0.05, 0) is 32.8 Å². The molecule has 6 nitrogen and oxygen atoms in total. The average molecular weight is 308 g/mol. The molecular formula is C16H24N2O4. The molecule has 0 radical (unpaired) electrons. The molecule has 0 aromatic heterocycles. The fourth-order valence-electron chi connectivity index (χ4n) is 1.74. The summed E-state index contributed by atoms with van der Waals surface area (Å²) in [5, 5.41) is 5.41. The van der Waals surface area contributed by atoms with Gasteiger partial charge in [0.2, 0.25) is 0 Å². The molecule has 0 aliphatic carbocycles. The Morgan fingerprint density at radius 1 is 1.18 bits per heavy atom. The predicted molar refractivity (Wildman–Crippen MR) is 83.3 cm³/mol. The van der Waals surface area contributed by atoms with Gasteiger partial charge in [-0.15, -0.1) is 0 Å². The van der Waals surface area contributed by atoms with Crippen LogP contribution in [0.2, 0.25) is 0 Å². The normalized spacial score (nSPS) is 12.4. The number of esters is 1. The second kappa shape index (κ2) is 8.38. The van der Waals surface area contributed by atoms with Gasteiger partial charge in [0.1, 0.15) is 5.60 Å². The minimum atomic E-state index is -0.941. The van der Waals surface area contributed by atoms with Crippen LogP contribution in [0.1, 0.15) is 26.3 Å². The molecule has 0 spiro atoms. The van der Waals surface area contributed by atoms with E-state index >= 15 is 0 Å². The number of ether oxygens (including phenoxy) is 2. The Morgan fingerprint density at radius 2 is 1.82 bits per heavy atom. The highest BCUT2D eigenvalue weighted by molar-refractivity contribution is 5.80. The lowest BCUT2D eigenvalue weighted by Crippen LogP contribution is -2.52. The largest absolute Gasteiger partial charge is 0.466 e. The minimum Gasteiger partial charge on any atom is -0.466 e. The van der Waals surface area contributed by atoms with Gasteiger partial charge >= 0.3 is 12.1 Å². The van der Waals surface area contributed by atoms with Crippen molar-refractivity contribution in [1.29, 1.82) is 0 Å². The van der Waals surface area contributed by atoms with E-state index in [-0.39, 0.29) is 0 Å². The van der Waals surface area contributed by atoms with Crippen LogP contribution in [-0.2, 0) is 20.7 Å². The quantitative estimate of drug-likeness (QED) is 0.619. The van der Waals surface area contributed by atoms with Crippen molar-refractivity contribution in [2.24, 2.45) is 0 Å². The molecule has 1 aromatic carbocycles. The lowest BCUT2D eigenvalue weighted by Gasteiger charge is -2.23. The van der Waals surface area contributed by atoms with Crippen molar-refractivity contribution < 1.29 is 19.1 Å². The van der Waals surface area contributed by atoms with Crippen LogP contribution in [0.3, 0.4) is 0 Å². The summed E-state index contributed by atoms with van der Waals surface area (Å²) in [5.41, 5.74) is 0.505. The lowest BCUT2D eigenvalue weighted by atomic mass is 10.1. The van der Waals surface area contributed by atoms with E-state index in [9.17, 15) is 9.59 Å². The zero-order chi connectivity index (χ0) is 16.6. The van der Waals surface area contributed by atoms with Gasteiger partial charge in [-0.25, -0.2) is 9.59 Å². The highest BCUT2D eigenvalue weighted by Crippen LogP contribution is 2.06. The molecule has 122 valence electrons. The standard InChI is InChI=1S/C16H24N2O4/c1-16(2,3)22-15(20)18-13(14(19)21-4)17-11-10-12-8-6-5-7-9-12/h5-9,13,17H,10-11H2,1-4H3,(H,18,20). The third kappa shape index (κ3) is 7.08. The van der Waals surface area contributed by atoms with Crippen LogP contribution >= 0.6 is 0 Å². The number of methoxy groups -OCH3 is 1. The number of benzene rings is 1. The van der Waals surface area contributed by atoms with Crippen molar-refractivity contribution in [3.63, 3.8) is 0 Å². The van der Waals surface area contributed by atoms with Gasteiger partial charge in [0.15, 0.2) is 6.17 Å². The molecule has 0 aliphatic heterocycles. The number of hydrogen-bond acceptors (Lipinski definition) is 5. The first-order valence-electron chi connectivity index (χ1n) is 7.16. The van der Waals surface area contributed by atoms with Gasteiger partial charge in [-0.2, -0.15) is 0 Å². The minimum absolute atomic E-state index is 0.513. The third-order valence-corrected chi connectivity index (χ3v) is 2.70. The maximum absolute atomic E-state index is 11.7. The van der Waals surface area contributed by atoms with E-state index in [1.807, 2.05) is 30.3 Å². The predicted octanol–water partition coefficient (Wildman–Crippen LogP) is 1.84. The second-order valence-electron chi connectivity index (χ2n) is 5.79. The van der Waals surface area contributed by atoms with E-state index < -0.39 is 23.8 Å². The van der Waals surface area contributed by atoms with E-state index in [1.54, 1.807) is 20.8 Å². The van der Waals surface area contributed by atoms with Crippen molar-refractivity contribution >= 4 is 12.1 Å². The highest BCUT2D eigenvalue weighted by Gasteiger charge is 2.24. The number of hydrogen-bond donors (Lipinski definition) is 2. The first kappa shape index (κ1) is 18.0. The monoisotopic (exact) mass is 308 g/mol. The summed E-state index contributed by atoms with van der Waals surface area (Å²) in [6.07, 6.45) is -0.886. The molecule has 1 amide bonds. The Morgan fingerprint density at radius 3 is 2.36 bits per heavy atom. The van der Waals surface area contributed by atoms with Crippen LogP contribution in [0.4, 0.5) is 4.79 Å². The van der Waals surface area contributed by atoms with E-state index in [0.29, 0.717) is 6.54 Å². The zero-order valence-electron chi connectivity index (χ0n) is 13.5. The molecule has 1 rings (SSSR count). The lowest BCUT2D eigenvalue weighted by molar-refractivity contribution is -0.144. The fourth-order valence-corrected chi connectivity index (χ4v) is 1.74. The molecule has 6 heteroatoms. The van der Waals surface area contributed by atoms with Crippen molar-refractivity contribution in [3.05, 3.63) is 35.9 Å². The molecule has 2 N–H and O–H groups in total. The summed E-state index contributed by atoms with van der Waals surface area (Å²) in [5.74, 6) is -0.570. The average Bonchev–Trinajstić information content (AvgIpc) is 2.44. The molecule has 1 atom stereocenters. The first-order valence-corrected chi connectivity index (χ1v) is 7.16. The number of carbonyl (C=O) groups excluding carboxylic acids is 2. The van der Waals surface area contributed by atoms with Crippen LogP contribution in [0, 0.1) is 0 Å². The molecular weight excluding hydrogens is 284 g/mol. The van der Waals surface area contributed by atoms with Gasteiger partial charge < -0.3 is 9.47 Å². The molecule has 0 saturated carbocycles. The maximum atomic E-state index is 11.7. The van der Waals surface area contributed by atoms with E-state index in [2.05, 4.69) is 15.4 Å². The number of nitrogens with one attached hydrogen (secondary N) is 2. The Hall–Kier alpha value is -2.08. The summed E-state index contributed by atoms with van der Waals surface area (Å²) in [4.78, 5) is 23.4. The molecule has 1 aromatic rings. The molecule has 0 bridgehead atoms. The summed E-state index contributed by atoms with van der Waals surface area (Å²) >= 11 is 0. The third-order valence-electron chi connectivity index (χ3n) is 2.70. The van der Waals surface area contributed by atoms with Gasteiger partial charge in [-0.1, -0.05) is 30.3 Å². The van der Waals surface area contributed by atoms with Crippen molar-refractivity contribution in [1.82, 2.24) is 10.6 Å². The van der Waals surface area contributed by atoms with Crippen LogP contribution in [0.25, 0.3) is 0 Å². The number of amides is 1. The number of carbonyl (C=O) groups is 2. The van der Waals surface area contributed by atoms with Crippen LogP contribution in [-0.4, -0.2) is 37.5 Å². The zero-order valence-corrected chi connectivity index (χ0v) is 13.5. The molecule has 0 heterocycles. The summed E-state index contributed by atoms with van der Waals surface area (Å²) < 4.78 is 9.80. The summed E-state index contributed by atoms with van der Waals surface area (Å²) in [6, 6.07) is 9.84. The topological polar surface area (TPSA) is 76.7 Å². The van der Waals surface area contributed by atoms with Crippen molar-refractivity contribution in [3.8, 4) is 0 Å². The second-order valence-corrected chi connectivity index (χ2v) is 5.79. The van der Waals surface area contributed by atoms with E-state index in [1.165, 1.54) is 7.11 Å². The Labute approximate surface area is 131 Å². The van der Waals surface area contributed by atoms with Crippen LogP contribution < -0.4 is 10.6 Å². The molecule has 0 saturated heterocycles. The van der Waals surface area contributed by atoms with Gasteiger partial charge in [0, 0.05) is 6.54 Å². The van der Waals surface area contributed by atoms with Gasteiger partial charge in [-0.3, -0.25) is 10.6 Å². The molecule has 1 unspecified atom stereocenters. The highest BCUT2D eigenvalue weighted by atomic mass is 16.6. The number of rotatable bonds is 6. The van der Waals surface area contributed by atoms with Gasteiger partial charge in [0.25, 0.3) is 0 Å². The van der Waals surface area contributed by atoms with Gasteiger partial charge in [0.05, 0.1) is 7.11 Å². The fraction of sp³-hybridized carbons (Fsp3) is 0.500. The van der Waals surface area contributed by atoms with E-state index in [4.69, 9.17) is 4.74 Å². The number of alkyl carbamates (subject to hydrolysis) is 1. The van der Waals surface area contributed by atoms with Crippen LogP contribution in [0.5, 0.6) is 0 Å². The molecule has 0 aliphatic rings. The first-order chi connectivity index (χ1) is 10.3. The smallest absolute Gasteiger partial charge is 0.409 e. The Kier molecular flexibility index (Phi) is 6.85. The summed E-state index contributed by atoms with van der Waals surface area (Å²) in [7, 11) is 1.27. The van der Waals surface area contributed by atoms with Crippen LogP contribution in [0.15, 0.2) is 30.3 Å². The van der Waals surface area contributed by atoms with Crippen molar-refractivity contribution in [2.75, 3.05) is 13.7 Å². The SMILES string of the molecule is COC(=O)C(NCCc1ccccc1)NC(=O)OC(C)(C)C. The van der Waals surface area contributed by atoms with Crippen molar-refractivity contribution in [2.45, 2.75) is 39.0 Å². The molecule has 22 heavy (non-hydrogen) atoms.